The van der Waals surface area contributed by atoms with Crippen molar-refractivity contribution in [2.45, 2.75) is 52.1 Å². The van der Waals surface area contributed by atoms with E-state index in [1.165, 1.54) is 0 Å². The van der Waals surface area contributed by atoms with Crippen LogP contribution in [0.25, 0.3) is 0 Å². The second kappa shape index (κ2) is 5.62. The fraction of sp³-hybridized carbons (Fsp3) is 0.867. The van der Waals surface area contributed by atoms with Gasteiger partial charge in [0.2, 0.25) is 0 Å². The van der Waals surface area contributed by atoms with E-state index >= 15 is 0 Å². The Hall–Kier alpha value is -1.26. The lowest BCUT2D eigenvalue weighted by Crippen LogP contribution is -2.47. The first-order chi connectivity index (χ1) is 9.34. The first-order valence-electron chi connectivity index (χ1n) is 7.39. The van der Waals surface area contributed by atoms with Crippen molar-refractivity contribution in [2.24, 2.45) is 10.4 Å². The second-order valence-corrected chi connectivity index (χ2v) is 6.88. The predicted octanol–water partition coefficient (Wildman–Crippen LogP) is 2.84. The fourth-order valence-electron chi connectivity index (χ4n) is 2.85. The van der Waals surface area contributed by atoms with Crippen LogP contribution >= 0.6 is 0 Å². The Morgan fingerprint density at radius 2 is 1.90 bits per heavy atom. The van der Waals surface area contributed by atoms with E-state index in [4.69, 9.17) is 9.47 Å². The van der Waals surface area contributed by atoms with E-state index in [0.717, 1.165) is 51.2 Å². The largest absolute Gasteiger partial charge is 0.484 e. The molecule has 0 unspecified atom stereocenters. The smallest absolute Gasteiger partial charge is 0.410 e. The quantitative estimate of drug-likeness (QED) is 0.686. The fourth-order valence-corrected chi connectivity index (χ4v) is 2.85. The van der Waals surface area contributed by atoms with Gasteiger partial charge in [0.1, 0.15) is 5.60 Å². The van der Waals surface area contributed by atoms with Crippen LogP contribution in [-0.4, -0.2) is 49.2 Å². The second-order valence-electron chi connectivity index (χ2n) is 6.88. The van der Waals surface area contributed by atoms with Gasteiger partial charge in [0.05, 0.1) is 7.11 Å². The third-order valence-electron chi connectivity index (χ3n) is 4.17. The molecule has 0 aromatic rings. The van der Waals surface area contributed by atoms with Crippen molar-refractivity contribution in [3.8, 4) is 0 Å². The average Bonchev–Trinajstić information content (AvgIpc) is 2.38. The van der Waals surface area contributed by atoms with Crippen LogP contribution in [0.4, 0.5) is 4.79 Å². The number of carbonyl (C=O) groups is 1. The Labute approximate surface area is 121 Å². The minimum atomic E-state index is -0.422. The van der Waals surface area contributed by atoms with Gasteiger partial charge >= 0.3 is 6.09 Å². The van der Waals surface area contributed by atoms with Gasteiger partial charge in [0.15, 0.2) is 5.90 Å². The molecule has 1 saturated heterocycles. The molecule has 5 heteroatoms. The van der Waals surface area contributed by atoms with Gasteiger partial charge in [0.25, 0.3) is 0 Å². The molecule has 5 nitrogen and oxygen atoms in total. The molecule has 2 heterocycles. The molecule has 114 valence electrons. The number of hydrogen-bond donors (Lipinski definition) is 0. The molecule has 0 radical (unpaired) electrons. The third kappa shape index (κ3) is 3.64. The topological polar surface area (TPSA) is 51.1 Å². The summed E-state index contributed by atoms with van der Waals surface area (Å²) in [5.41, 5.74) is -0.157. The Morgan fingerprint density at radius 1 is 1.25 bits per heavy atom. The number of likely N-dealkylation sites (tertiary alicyclic amines) is 1. The molecule has 0 N–H and O–H groups in total. The Balaban J connectivity index is 1.87. The van der Waals surface area contributed by atoms with Gasteiger partial charge in [-0.15, -0.1) is 0 Å². The van der Waals surface area contributed by atoms with Gasteiger partial charge in [-0.05, 0) is 45.4 Å². The van der Waals surface area contributed by atoms with Crippen LogP contribution in [0.5, 0.6) is 0 Å². The number of carbonyl (C=O) groups excluding carboxylic acids is 1. The van der Waals surface area contributed by atoms with Crippen LogP contribution in [0.2, 0.25) is 0 Å². The standard InChI is InChI=1S/C15H26N2O3/c1-14(2,3)20-13(18)17-9-7-15(8-10-17)6-5-12(19-4)16-11-15/h5-11H2,1-4H3. The van der Waals surface area contributed by atoms with Gasteiger partial charge in [-0.2, -0.15) is 0 Å². The Bertz CT molecular complexity index is 390. The first kappa shape index (κ1) is 15.1. The van der Waals surface area contributed by atoms with Gasteiger partial charge in [-0.3, -0.25) is 4.99 Å². The molecule has 2 aliphatic rings. The lowest BCUT2D eigenvalue weighted by Gasteiger charge is -2.42. The van der Waals surface area contributed by atoms with Crippen molar-refractivity contribution in [1.29, 1.82) is 0 Å². The van der Waals surface area contributed by atoms with E-state index in [1.54, 1.807) is 7.11 Å². The molecule has 20 heavy (non-hydrogen) atoms. The highest BCUT2D eigenvalue weighted by molar-refractivity contribution is 5.76. The molecule has 0 aliphatic carbocycles. The Morgan fingerprint density at radius 3 is 2.35 bits per heavy atom. The summed E-state index contributed by atoms with van der Waals surface area (Å²) in [5, 5.41) is 0. The van der Waals surface area contributed by atoms with Gasteiger partial charge in [-0.25, -0.2) is 4.79 Å². The molecule has 0 bridgehead atoms. The monoisotopic (exact) mass is 282 g/mol. The average molecular weight is 282 g/mol. The van der Waals surface area contributed by atoms with Gasteiger partial charge in [0, 0.05) is 26.1 Å². The highest BCUT2D eigenvalue weighted by Gasteiger charge is 2.38. The number of methoxy groups -OCH3 is 1. The Kier molecular flexibility index (Phi) is 4.25. The zero-order valence-electron chi connectivity index (χ0n) is 13.1. The lowest BCUT2D eigenvalue weighted by molar-refractivity contribution is 0.00939. The van der Waals surface area contributed by atoms with E-state index in [1.807, 2.05) is 25.7 Å². The summed E-state index contributed by atoms with van der Waals surface area (Å²) in [6.45, 7) is 8.08. The summed E-state index contributed by atoms with van der Waals surface area (Å²) in [7, 11) is 1.68. The van der Waals surface area contributed by atoms with Crippen LogP contribution in [0.1, 0.15) is 46.5 Å². The minimum absolute atomic E-state index is 0.191. The highest BCUT2D eigenvalue weighted by atomic mass is 16.6. The summed E-state index contributed by atoms with van der Waals surface area (Å²) in [4.78, 5) is 18.4. The van der Waals surface area contributed by atoms with E-state index in [9.17, 15) is 4.79 Å². The molecule has 0 aromatic carbocycles. The molecule has 1 amide bonds. The molecule has 2 aliphatic heterocycles. The van der Waals surface area contributed by atoms with Crippen molar-refractivity contribution in [1.82, 2.24) is 4.90 Å². The molecule has 1 fully saturated rings. The van der Waals surface area contributed by atoms with Crippen molar-refractivity contribution in [3.05, 3.63) is 0 Å². The summed E-state index contributed by atoms with van der Waals surface area (Å²) < 4.78 is 10.6. The maximum atomic E-state index is 12.0. The first-order valence-corrected chi connectivity index (χ1v) is 7.39. The predicted molar refractivity (Wildman–Crippen MR) is 78.0 cm³/mol. The van der Waals surface area contributed by atoms with Gasteiger partial charge in [-0.1, -0.05) is 0 Å². The van der Waals surface area contributed by atoms with Crippen LogP contribution in [0, 0.1) is 5.41 Å². The normalized spacial score (nSPS) is 22.4. The van der Waals surface area contributed by atoms with E-state index in [-0.39, 0.29) is 11.5 Å². The van der Waals surface area contributed by atoms with Gasteiger partial charge < -0.3 is 14.4 Å². The third-order valence-corrected chi connectivity index (χ3v) is 4.17. The summed E-state index contributed by atoms with van der Waals surface area (Å²) in [5.74, 6) is 0.866. The van der Waals surface area contributed by atoms with E-state index in [0.29, 0.717) is 0 Å². The van der Waals surface area contributed by atoms with Crippen molar-refractivity contribution in [3.63, 3.8) is 0 Å². The summed E-state index contributed by atoms with van der Waals surface area (Å²) in [6, 6.07) is 0. The van der Waals surface area contributed by atoms with E-state index < -0.39 is 5.60 Å². The maximum absolute atomic E-state index is 12.0. The number of rotatable bonds is 0. The number of hydrogen-bond acceptors (Lipinski definition) is 4. The number of aliphatic imine (C=N–C) groups is 1. The van der Waals surface area contributed by atoms with E-state index in [2.05, 4.69) is 4.99 Å². The molecule has 2 rings (SSSR count). The number of piperidine rings is 1. The minimum Gasteiger partial charge on any atom is -0.484 e. The zero-order chi connectivity index (χ0) is 14.8. The highest BCUT2D eigenvalue weighted by Crippen LogP contribution is 2.39. The van der Waals surface area contributed by atoms with Crippen molar-refractivity contribution >= 4 is 12.0 Å². The number of ether oxygens (including phenoxy) is 2. The zero-order valence-corrected chi connectivity index (χ0v) is 13.1. The van der Waals surface area contributed by atoms with Crippen LogP contribution in [0.3, 0.4) is 0 Å². The summed E-state index contributed by atoms with van der Waals surface area (Å²) in [6.07, 6.45) is 3.86. The molecule has 0 atom stereocenters. The van der Waals surface area contributed by atoms with Crippen LogP contribution < -0.4 is 0 Å². The van der Waals surface area contributed by atoms with Crippen molar-refractivity contribution in [2.75, 3.05) is 26.7 Å². The lowest BCUT2D eigenvalue weighted by atomic mass is 9.73. The molecular weight excluding hydrogens is 256 g/mol. The van der Waals surface area contributed by atoms with Crippen molar-refractivity contribution < 1.29 is 14.3 Å². The SMILES string of the molecule is COC1=NCC2(CC1)CCN(C(=O)OC(C)(C)C)CC2. The number of nitrogens with zero attached hydrogens (tertiary/aromatic N) is 2. The van der Waals surface area contributed by atoms with Crippen LogP contribution in [-0.2, 0) is 9.47 Å². The van der Waals surface area contributed by atoms with Crippen LogP contribution in [0.15, 0.2) is 4.99 Å². The maximum Gasteiger partial charge on any atom is 0.410 e. The molecule has 0 saturated carbocycles. The summed E-state index contributed by atoms with van der Waals surface area (Å²) >= 11 is 0. The molecule has 1 spiro atoms. The molecule has 0 aromatic heterocycles. The number of amides is 1. The molecular formula is C15H26N2O3.